The van der Waals surface area contributed by atoms with E-state index < -0.39 is 21.7 Å². The third kappa shape index (κ3) is 8.90. The van der Waals surface area contributed by atoms with Crippen LogP contribution in [0.1, 0.15) is 46.5 Å². The fraction of sp³-hybridized carbons (Fsp3) is 0.923. The van der Waals surface area contributed by atoms with Gasteiger partial charge in [-0.25, -0.2) is 18.4 Å². The third-order valence-corrected chi connectivity index (χ3v) is 3.99. The number of hydrogen-bond donors (Lipinski definition) is 3. The van der Waals surface area contributed by atoms with E-state index in [4.69, 9.17) is 9.88 Å². The molecule has 0 aromatic heterocycles. The molecule has 1 rings (SSSR count). The Morgan fingerprint density at radius 1 is 1.29 bits per heavy atom. The van der Waals surface area contributed by atoms with Crippen molar-refractivity contribution in [2.45, 2.75) is 64.1 Å². The van der Waals surface area contributed by atoms with E-state index in [1.54, 1.807) is 0 Å². The number of nitrogens with two attached hydrogens (primary N) is 1. The van der Waals surface area contributed by atoms with Gasteiger partial charge in [-0.1, -0.05) is 0 Å². The molecule has 1 amide bonds. The number of alkyl carbamates (subject to hydrolysis) is 1. The standard InChI is InChI=1S/C13H27N3O4S/c1-13(2,3)20-12(17)16-11-6-4-5-10(9-11)15-7-8-21(14,18)19/h10-11,15H,4-9H2,1-3H3,(H,16,17)(H2,14,18,19). The van der Waals surface area contributed by atoms with E-state index in [9.17, 15) is 13.2 Å². The van der Waals surface area contributed by atoms with Gasteiger partial charge < -0.3 is 15.4 Å². The maximum absolute atomic E-state index is 11.7. The smallest absolute Gasteiger partial charge is 0.407 e. The molecule has 0 aliphatic heterocycles. The number of carbonyl (C=O) groups is 1. The summed E-state index contributed by atoms with van der Waals surface area (Å²) in [4.78, 5) is 11.7. The Morgan fingerprint density at radius 2 is 1.90 bits per heavy atom. The lowest BCUT2D eigenvalue weighted by Gasteiger charge is -2.31. The summed E-state index contributed by atoms with van der Waals surface area (Å²) in [6.07, 6.45) is 3.22. The van der Waals surface area contributed by atoms with Gasteiger partial charge in [0.25, 0.3) is 0 Å². The summed E-state index contributed by atoms with van der Waals surface area (Å²) in [7, 11) is -3.43. The van der Waals surface area contributed by atoms with Crippen molar-refractivity contribution in [1.29, 1.82) is 0 Å². The number of nitrogens with one attached hydrogen (secondary N) is 2. The van der Waals surface area contributed by atoms with Crippen molar-refractivity contribution in [3.8, 4) is 0 Å². The normalized spacial score (nSPS) is 23.6. The molecular weight excluding hydrogens is 294 g/mol. The number of primary sulfonamides is 1. The van der Waals surface area contributed by atoms with Crippen LogP contribution in [0.25, 0.3) is 0 Å². The Bertz CT molecular complexity index is 445. The zero-order valence-electron chi connectivity index (χ0n) is 13.0. The molecule has 0 aromatic rings. The summed E-state index contributed by atoms with van der Waals surface area (Å²) in [5, 5.41) is 11.0. The molecule has 0 bridgehead atoms. The maximum Gasteiger partial charge on any atom is 0.407 e. The second-order valence-electron chi connectivity index (χ2n) is 6.53. The average Bonchev–Trinajstić information content (AvgIpc) is 2.24. The summed E-state index contributed by atoms with van der Waals surface area (Å²) in [5.41, 5.74) is -0.508. The second kappa shape index (κ2) is 7.42. The lowest BCUT2D eigenvalue weighted by Crippen LogP contribution is -2.46. The van der Waals surface area contributed by atoms with E-state index in [1.807, 2.05) is 20.8 Å². The Hall–Kier alpha value is -0.860. The first-order chi connectivity index (χ1) is 9.55. The molecule has 4 N–H and O–H groups in total. The number of hydrogen-bond acceptors (Lipinski definition) is 5. The highest BCUT2D eigenvalue weighted by Gasteiger charge is 2.25. The molecule has 2 atom stereocenters. The first-order valence-electron chi connectivity index (χ1n) is 7.28. The van der Waals surface area contributed by atoms with Crippen molar-refractivity contribution in [2.24, 2.45) is 5.14 Å². The van der Waals surface area contributed by atoms with Crippen LogP contribution in [-0.4, -0.2) is 44.5 Å². The zero-order valence-corrected chi connectivity index (χ0v) is 13.8. The molecule has 1 fully saturated rings. The highest BCUT2D eigenvalue weighted by atomic mass is 32.2. The fourth-order valence-electron chi connectivity index (χ4n) is 2.39. The summed E-state index contributed by atoms with van der Waals surface area (Å²) in [6, 6.07) is 0.251. The van der Waals surface area contributed by atoms with Crippen molar-refractivity contribution in [2.75, 3.05) is 12.3 Å². The van der Waals surface area contributed by atoms with Crippen molar-refractivity contribution in [1.82, 2.24) is 10.6 Å². The lowest BCUT2D eigenvalue weighted by molar-refractivity contribution is 0.0489. The van der Waals surface area contributed by atoms with Crippen LogP contribution in [0.2, 0.25) is 0 Å². The molecule has 0 radical (unpaired) electrons. The molecule has 124 valence electrons. The van der Waals surface area contributed by atoms with E-state index in [0.717, 1.165) is 25.7 Å². The van der Waals surface area contributed by atoms with Crippen molar-refractivity contribution in [3.63, 3.8) is 0 Å². The molecular formula is C13H27N3O4S. The third-order valence-electron chi connectivity index (χ3n) is 3.21. The fourth-order valence-corrected chi connectivity index (χ4v) is 2.79. The first kappa shape index (κ1) is 18.2. The molecule has 0 saturated heterocycles. The minimum atomic E-state index is -3.43. The predicted octanol–water partition coefficient (Wildman–Crippen LogP) is 0.700. The van der Waals surface area contributed by atoms with Crippen LogP contribution in [0.4, 0.5) is 4.79 Å². The number of amides is 1. The highest BCUT2D eigenvalue weighted by molar-refractivity contribution is 7.89. The van der Waals surface area contributed by atoms with Gasteiger partial charge in [0, 0.05) is 18.6 Å². The quantitative estimate of drug-likeness (QED) is 0.690. The van der Waals surface area contributed by atoms with Crippen molar-refractivity contribution >= 4 is 16.1 Å². The molecule has 2 unspecified atom stereocenters. The van der Waals surface area contributed by atoms with Crippen LogP contribution in [-0.2, 0) is 14.8 Å². The van der Waals surface area contributed by atoms with Gasteiger partial charge in [0.2, 0.25) is 10.0 Å². The van der Waals surface area contributed by atoms with Crippen LogP contribution in [0, 0.1) is 0 Å². The van der Waals surface area contributed by atoms with Crippen molar-refractivity contribution < 1.29 is 17.9 Å². The Morgan fingerprint density at radius 3 is 2.48 bits per heavy atom. The molecule has 1 aliphatic rings. The van der Waals surface area contributed by atoms with Gasteiger partial charge in [0.15, 0.2) is 0 Å². The monoisotopic (exact) mass is 321 g/mol. The largest absolute Gasteiger partial charge is 0.444 e. The molecule has 21 heavy (non-hydrogen) atoms. The topological polar surface area (TPSA) is 111 Å². The first-order valence-corrected chi connectivity index (χ1v) is 9.00. The van der Waals surface area contributed by atoms with Gasteiger partial charge in [0.05, 0.1) is 5.75 Å². The van der Waals surface area contributed by atoms with Crippen LogP contribution in [0.15, 0.2) is 0 Å². The average molecular weight is 321 g/mol. The Balaban J connectivity index is 2.33. The van der Waals surface area contributed by atoms with Crippen LogP contribution in [0.3, 0.4) is 0 Å². The number of ether oxygens (including phenoxy) is 1. The minimum Gasteiger partial charge on any atom is -0.444 e. The van der Waals surface area contributed by atoms with Gasteiger partial charge in [-0.05, 0) is 46.5 Å². The van der Waals surface area contributed by atoms with Gasteiger partial charge >= 0.3 is 6.09 Å². The van der Waals surface area contributed by atoms with Crippen LogP contribution >= 0.6 is 0 Å². The van der Waals surface area contributed by atoms with E-state index >= 15 is 0 Å². The molecule has 7 nitrogen and oxygen atoms in total. The summed E-state index contributed by atoms with van der Waals surface area (Å²) < 4.78 is 27.0. The molecule has 0 heterocycles. The maximum atomic E-state index is 11.7. The molecule has 0 aromatic carbocycles. The lowest BCUT2D eigenvalue weighted by atomic mass is 9.91. The summed E-state index contributed by atoms with van der Waals surface area (Å²) in [5.74, 6) is -0.0757. The van der Waals surface area contributed by atoms with Gasteiger partial charge in [-0.15, -0.1) is 0 Å². The van der Waals surface area contributed by atoms with Gasteiger partial charge in [-0.3, -0.25) is 0 Å². The van der Waals surface area contributed by atoms with Crippen molar-refractivity contribution in [3.05, 3.63) is 0 Å². The summed E-state index contributed by atoms with van der Waals surface area (Å²) >= 11 is 0. The van der Waals surface area contributed by atoms with E-state index in [-0.39, 0.29) is 17.8 Å². The molecule has 8 heteroatoms. The number of rotatable bonds is 5. The van der Waals surface area contributed by atoms with E-state index in [1.165, 1.54) is 0 Å². The molecule has 0 spiro atoms. The SMILES string of the molecule is CC(C)(C)OC(=O)NC1CCCC(NCCS(N)(=O)=O)C1. The predicted molar refractivity (Wildman–Crippen MR) is 81.4 cm³/mol. The van der Waals surface area contributed by atoms with Gasteiger partial charge in [0.1, 0.15) is 5.60 Å². The highest BCUT2D eigenvalue weighted by Crippen LogP contribution is 2.19. The van der Waals surface area contributed by atoms with E-state index in [2.05, 4.69) is 10.6 Å². The second-order valence-corrected chi connectivity index (χ2v) is 8.26. The van der Waals surface area contributed by atoms with Crippen LogP contribution in [0.5, 0.6) is 0 Å². The summed E-state index contributed by atoms with van der Waals surface area (Å²) in [6.45, 7) is 5.81. The van der Waals surface area contributed by atoms with Gasteiger partial charge in [-0.2, -0.15) is 0 Å². The van der Waals surface area contributed by atoms with Crippen LogP contribution < -0.4 is 15.8 Å². The zero-order chi connectivity index (χ0) is 16.1. The minimum absolute atomic E-state index is 0.0561. The Labute approximate surface area is 127 Å². The molecule has 1 aliphatic carbocycles. The Kier molecular flexibility index (Phi) is 6.42. The number of carbonyl (C=O) groups excluding carboxylic acids is 1. The molecule has 1 saturated carbocycles. The number of sulfonamides is 1. The van der Waals surface area contributed by atoms with E-state index in [0.29, 0.717) is 6.54 Å².